The van der Waals surface area contributed by atoms with Crippen molar-refractivity contribution in [2.24, 2.45) is 0 Å². The van der Waals surface area contributed by atoms with Crippen LogP contribution in [0.4, 0.5) is 16.2 Å². The second-order valence-electron chi connectivity index (χ2n) is 9.83. The van der Waals surface area contributed by atoms with Crippen LogP contribution in [0.5, 0.6) is 5.75 Å². The number of amides is 2. The summed E-state index contributed by atoms with van der Waals surface area (Å²) in [7, 11) is 0. The molecule has 2 heterocycles. The van der Waals surface area contributed by atoms with Gasteiger partial charge in [0, 0.05) is 29.5 Å². The van der Waals surface area contributed by atoms with Crippen molar-refractivity contribution in [3.63, 3.8) is 0 Å². The van der Waals surface area contributed by atoms with E-state index in [-0.39, 0.29) is 18.0 Å². The fourth-order valence-electron chi connectivity index (χ4n) is 5.55. The molecule has 2 aromatic carbocycles. The molecule has 2 fully saturated rings. The summed E-state index contributed by atoms with van der Waals surface area (Å²) in [5.74, 6) is 0.952. The van der Waals surface area contributed by atoms with Gasteiger partial charge in [0.15, 0.2) is 6.39 Å². The first-order valence-electron chi connectivity index (χ1n) is 12.8. The molecule has 35 heavy (non-hydrogen) atoms. The van der Waals surface area contributed by atoms with Crippen molar-refractivity contribution >= 4 is 17.4 Å². The summed E-state index contributed by atoms with van der Waals surface area (Å²) in [6, 6.07) is 15.5. The van der Waals surface area contributed by atoms with E-state index in [0.717, 1.165) is 30.0 Å². The van der Waals surface area contributed by atoms with Gasteiger partial charge in [0.05, 0.1) is 24.3 Å². The molecule has 2 saturated carbocycles. The maximum absolute atomic E-state index is 12.3. The highest BCUT2D eigenvalue weighted by molar-refractivity contribution is 5.89. The third-order valence-electron chi connectivity index (χ3n) is 7.73. The maximum atomic E-state index is 12.3. The summed E-state index contributed by atoms with van der Waals surface area (Å²) in [5.41, 5.74) is 5.41. The maximum Gasteiger partial charge on any atom is 0.319 e. The fourth-order valence-corrected chi connectivity index (χ4v) is 5.55. The number of nitrogens with one attached hydrogen (secondary N) is 2. The highest BCUT2D eigenvalue weighted by Gasteiger charge is 2.45. The molecule has 0 radical (unpaired) electrons. The zero-order chi connectivity index (χ0) is 23.8. The van der Waals surface area contributed by atoms with Crippen LogP contribution < -0.4 is 20.3 Å². The van der Waals surface area contributed by atoms with Gasteiger partial charge in [-0.15, -0.1) is 0 Å². The Balaban J connectivity index is 1.33. The number of carbonyl (C=O) groups is 1. The van der Waals surface area contributed by atoms with Gasteiger partial charge in [-0.3, -0.25) is 0 Å². The van der Waals surface area contributed by atoms with Crippen molar-refractivity contribution in [3.05, 3.63) is 71.9 Å². The van der Waals surface area contributed by atoms with Gasteiger partial charge in [0.2, 0.25) is 0 Å². The van der Waals surface area contributed by atoms with E-state index >= 15 is 0 Å². The normalized spacial score (nSPS) is 21.7. The Morgan fingerprint density at radius 1 is 1.11 bits per heavy atom. The molecule has 0 spiro atoms. The number of aromatic nitrogens is 1. The largest absolute Gasteiger partial charge is 0.494 e. The number of ether oxygens (including phenoxy) is 1. The third-order valence-corrected chi connectivity index (χ3v) is 7.73. The standard InChI is InChI=1S/C28H32N4O3/c1-2-35-22-13-14-23-25(15-22)32(21-7-4-8-21)27(26(23)24-16-34-17-29-24)18-9-11-20(12-10-18)31-28(33)30-19-5-3-6-19/h9-17,19,21,26-27H,2-8H2,1H3,(H2,30,31,33). The van der Waals surface area contributed by atoms with Crippen molar-refractivity contribution < 1.29 is 13.9 Å². The van der Waals surface area contributed by atoms with Crippen LogP contribution in [-0.2, 0) is 0 Å². The van der Waals surface area contributed by atoms with Crippen LogP contribution in [0.1, 0.15) is 74.2 Å². The van der Waals surface area contributed by atoms with E-state index in [2.05, 4.69) is 50.8 Å². The third kappa shape index (κ3) is 4.13. The van der Waals surface area contributed by atoms with Crippen molar-refractivity contribution in [1.29, 1.82) is 0 Å². The number of fused-ring (bicyclic) bond motifs is 1. The molecule has 7 nitrogen and oxygen atoms in total. The Morgan fingerprint density at radius 2 is 1.91 bits per heavy atom. The molecule has 2 unspecified atom stereocenters. The lowest BCUT2D eigenvalue weighted by molar-refractivity contribution is 0.240. The van der Waals surface area contributed by atoms with E-state index in [9.17, 15) is 4.79 Å². The Labute approximate surface area is 205 Å². The summed E-state index contributed by atoms with van der Waals surface area (Å²) in [5, 5.41) is 6.02. The molecule has 182 valence electrons. The molecule has 2 amide bonds. The molecule has 3 aromatic rings. The molecular weight excluding hydrogens is 440 g/mol. The summed E-state index contributed by atoms with van der Waals surface area (Å²) in [6.45, 7) is 2.65. The van der Waals surface area contributed by atoms with Gasteiger partial charge in [-0.1, -0.05) is 18.2 Å². The van der Waals surface area contributed by atoms with Crippen molar-refractivity contribution in [3.8, 4) is 5.75 Å². The number of nitrogens with zero attached hydrogens (tertiary/aromatic N) is 2. The van der Waals surface area contributed by atoms with Crippen LogP contribution in [0.3, 0.4) is 0 Å². The number of rotatable bonds is 7. The lowest BCUT2D eigenvalue weighted by Crippen LogP contribution is -2.42. The molecule has 2 atom stereocenters. The minimum Gasteiger partial charge on any atom is -0.494 e. The summed E-state index contributed by atoms with van der Waals surface area (Å²) >= 11 is 0. The van der Waals surface area contributed by atoms with Crippen LogP contribution >= 0.6 is 0 Å². The van der Waals surface area contributed by atoms with Gasteiger partial charge in [-0.25, -0.2) is 9.78 Å². The molecule has 6 rings (SSSR count). The predicted octanol–water partition coefficient (Wildman–Crippen LogP) is 5.99. The molecule has 1 aromatic heterocycles. The minimum atomic E-state index is -0.129. The average molecular weight is 473 g/mol. The van der Waals surface area contributed by atoms with E-state index in [1.165, 1.54) is 48.9 Å². The number of anilines is 2. The smallest absolute Gasteiger partial charge is 0.319 e. The monoisotopic (exact) mass is 472 g/mol. The van der Waals surface area contributed by atoms with E-state index in [1.54, 1.807) is 6.26 Å². The van der Waals surface area contributed by atoms with Crippen LogP contribution in [0.15, 0.2) is 59.5 Å². The molecule has 0 saturated heterocycles. The number of urea groups is 1. The average Bonchev–Trinajstić information content (AvgIpc) is 3.43. The van der Waals surface area contributed by atoms with E-state index in [1.807, 2.05) is 19.1 Å². The van der Waals surface area contributed by atoms with Crippen molar-refractivity contribution in [2.45, 2.75) is 69.5 Å². The number of benzene rings is 2. The molecule has 7 heteroatoms. The molecule has 1 aliphatic heterocycles. The van der Waals surface area contributed by atoms with Crippen LogP contribution in [0.2, 0.25) is 0 Å². The number of oxazole rings is 1. The Morgan fingerprint density at radius 3 is 2.54 bits per heavy atom. The van der Waals surface area contributed by atoms with E-state index in [4.69, 9.17) is 9.15 Å². The topological polar surface area (TPSA) is 79.6 Å². The zero-order valence-electron chi connectivity index (χ0n) is 20.1. The zero-order valence-corrected chi connectivity index (χ0v) is 20.1. The first kappa shape index (κ1) is 22.0. The van der Waals surface area contributed by atoms with Gasteiger partial charge in [-0.05, 0) is 74.8 Å². The quantitative estimate of drug-likeness (QED) is 0.441. The van der Waals surface area contributed by atoms with Crippen molar-refractivity contribution in [2.75, 3.05) is 16.8 Å². The minimum absolute atomic E-state index is 0.0563. The molecule has 3 aliphatic rings. The Hall–Kier alpha value is -3.48. The van der Waals surface area contributed by atoms with Crippen LogP contribution in [0.25, 0.3) is 0 Å². The Kier molecular flexibility index (Phi) is 5.84. The summed E-state index contributed by atoms with van der Waals surface area (Å²) in [6.07, 6.45) is 10.2. The molecular formula is C28H32N4O3. The van der Waals surface area contributed by atoms with Gasteiger partial charge in [-0.2, -0.15) is 0 Å². The first-order chi connectivity index (χ1) is 17.2. The second-order valence-corrected chi connectivity index (χ2v) is 9.83. The molecule has 2 N–H and O–H groups in total. The van der Waals surface area contributed by atoms with Crippen LogP contribution in [-0.4, -0.2) is 29.7 Å². The Bertz CT molecular complexity index is 1170. The number of hydrogen-bond acceptors (Lipinski definition) is 5. The van der Waals surface area contributed by atoms with E-state index in [0.29, 0.717) is 18.7 Å². The van der Waals surface area contributed by atoms with Gasteiger partial charge >= 0.3 is 6.03 Å². The van der Waals surface area contributed by atoms with Gasteiger partial charge in [0.25, 0.3) is 0 Å². The van der Waals surface area contributed by atoms with Gasteiger partial charge < -0.3 is 24.7 Å². The highest BCUT2D eigenvalue weighted by atomic mass is 16.5. The lowest BCUT2D eigenvalue weighted by atomic mass is 9.85. The highest BCUT2D eigenvalue weighted by Crippen LogP contribution is 2.55. The molecule has 2 aliphatic carbocycles. The second kappa shape index (κ2) is 9.29. The number of carbonyl (C=O) groups excluding carboxylic acids is 1. The predicted molar refractivity (Wildman–Crippen MR) is 135 cm³/mol. The number of hydrogen-bond donors (Lipinski definition) is 2. The fraction of sp³-hybridized carbons (Fsp3) is 0.429. The first-order valence-corrected chi connectivity index (χ1v) is 12.8. The van der Waals surface area contributed by atoms with Crippen molar-refractivity contribution in [1.82, 2.24) is 10.3 Å². The lowest BCUT2D eigenvalue weighted by Gasteiger charge is -2.42. The van der Waals surface area contributed by atoms with Crippen LogP contribution in [0, 0.1) is 0 Å². The van der Waals surface area contributed by atoms with E-state index < -0.39 is 0 Å². The SMILES string of the molecule is CCOc1ccc2c(c1)N(C1CCC1)C(c1ccc(NC(=O)NC3CCC3)cc1)C2c1cocn1. The summed E-state index contributed by atoms with van der Waals surface area (Å²) in [4.78, 5) is 19.5. The molecule has 0 bridgehead atoms. The van der Waals surface area contributed by atoms with Gasteiger partial charge in [0.1, 0.15) is 12.0 Å². The summed E-state index contributed by atoms with van der Waals surface area (Å²) < 4.78 is 11.3.